The largest absolute Gasteiger partial charge is 0.484 e. The van der Waals surface area contributed by atoms with Crippen molar-refractivity contribution >= 4 is 11.4 Å². The van der Waals surface area contributed by atoms with Gasteiger partial charge in [-0.1, -0.05) is 29.8 Å². The summed E-state index contributed by atoms with van der Waals surface area (Å²) in [5.41, 5.74) is 10.2. The van der Waals surface area contributed by atoms with E-state index in [4.69, 9.17) is 10.5 Å². The fourth-order valence-electron chi connectivity index (χ4n) is 2.80. The van der Waals surface area contributed by atoms with Gasteiger partial charge in [-0.05, 0) is 44.5 Å². The van der Waals surface area contributed by atoms with Gasteiger partial charge in [0.2, 0.25) is 0 Å². The normalized spacial score (nSPS) is 16.2. The standard InChI is InChI=1S/C18H22N2O/c1-13-4-6-14(7-5-13)11-20-12-18(2,3)21-17-9-8-15(19)10-16(17)20/h4-10H,11-12,19H2,1-3H3. The number of nitrogens with two attached hydrogens (primary N) is 1. The van der Waals surface area contributed by atoms with E-state index in [1.54, 1.807) is 0 Å². The molecule has 3 heteroatoms. The Morgan fingerprint density at radius 2 is 1.86 bits per heavy atom. The lowest BCUT2D eigenvalue weighted by atomic mass is 10.0. The van der Waals surface area contributed by atoms with E-state index in [-0.39, 0.29) is 5.60 Å². The highest BCUT2D eigenvalue weighted by molar-refractivity contribution is 5.66. The van der Waals surface area contributed by atoms with Gasteiger partial charge < -0.3 is 15.4 Å². The molecule has 2 aromatic carbocycles. The number of anilines is 2. The van der Waals surface area contributed by atoms with Gasteiger partial charge in [0.25, 0.3) is 0 Å². The Morgan fingerprint density at radius 3 is 2.57 bits per heavy atom. The highest BCUT2D eigenvalue weighted by Crippen LogP contribution is 2.38. The molecule has 1 aliphatic heterocycles. The molecule has 3 rings (SSSR count). The molecule has 0 amide bonds. The Labute approximate surface area is 126 Å². The molecule has 1 aliphatic rings. The third-order valence-corrected chi connectivity index (χ3v) is 3.78. The minimum absolute atomic E-state index is 0.201. The first kappa shape index (κ1) is 13.8. The van der Waals surface area contributed by atoms with Crippen LogP contribution in [0.15, 0.2) is 42.5 Å². The first-order valence-electron chi connectivity index (χ1n) is 7.32. The van der Waals surface area contributed by atoms with E-state index >= 15 is 0 Å². The molecule has 0 atom stereocenters. The molecule has 0 bridgehead atoms. The smallest absolute Gasteiger partial charge is 0.143 e. The first-order valence-corrected chi connectivity index (χ1v) is 7.32. The summed E-state index contributed by atoms with van der Waals surface area (Å²) in [5, 5.41) is 0. The Kier molecular flexibility index (Phi) is 3.28. The number of ether oxygens (including phenoxy) is 1. The van der Waals surface area contributed by atoms with E-state index in [1.807, 2.05) is 18.2 Å². The van der Waals surface area contributed by atoms with Crippen LogP contribution in [0.2, 0.25) is 0 Å². The summed E-state index contributed by atoms with van der Waals surface area (Å²) >= 11 is 0. The van der Waals surface area contributed by atoms with Crippen molar-refractivity contribution in [3.05, 3.63) is 53.6 Å². The van der Waals surface area contributed by atoms with Gasteiger partial charge in [0.05, 0.1) is 12.2 Å². The molecular weight excluding hydrogens is 260 g/mol. The van der Waals surface area contributed by atoms with Crippen molar-refractivity contribution < 1.29 is 4.74 Å². The van der Waals surface area contributed by atoms with Gasteiger partial charge >= 0.3 is 0 Å². The average molecular weight is 282 g/mol. The van der Waals surface area contributed by atoms with Crippen LogP contribution in [0.25, 0.3) is 0 Å². The summed E-state index contributed by atoms with van der Waals surface area (Å²) in [6, 6.07) is 14.5. The summed E-state index contributed by atoms with van der Waals surface area (Å²) in [5.74, 6) is 0.910. The van der Waals surface area contributed by atoms with Crippen LogP contribution in [-0.4, -0.2) is 12.1 Å². The molecule has 21 heavy (non-hydrogen) atoms. The molecule has 0 unspecified atom stereocenters. The molecule has 0 fully saturated rings. The van der Waals surface area contributed by atoms with Crippen molar-refractivity contribution in [1.82, 2.24) is 0 Å². The van der Waals surface area contributed by atoms with Crippen LogP contribution in [0.1, 0.15) is 25.0 Å². The summed E-state index contributed by atoms with van der Waals surface area (Å²) in [6.07, 6.45) is 0. The minimum Gasteiger partial charge on any atom is -0.484 e. The summed E-state index contributed by atoms with van der Waals surface area (Å²) in [7, 11) is 0. The summed E-state index contributed by atoms with van der Waals surface area (Å²) < 4.78 is 6.06. The predicted molar refractivity (Wildman–Crippen MR) is 87.8 cm³/mol. The number of benzene rings is 2. The topological polar surface area (TPSA) is 38.5 Å². The average Bonchev–Trinajstić information content (AvgIpc) is 2.41. The number of aryl methyl sites for hydroxylation is 1. The second kappa shape index (κ2) is 4.99. The zero-order valence-corrected chi connectivity index (χ0v) is 12.9. The number of fused-ring (bicyclic) bond motifs is 1. The van der Waals surface area contributed by atoms with Crippen LogP contribution >= 0.6 is 0 Å². The zero-order chi connectivity index (χ0) is 15.0. The maximum Gasteiger partial charge on any atom is 0.143 e. The van der Waals surface area contributed by atoms with Gasteiger partial charge in [-0.15, -0.1) is 0 Å². The van der Waals surface area contributed by atoms with Crippen LogP contribution in [0.4, 0.5) is 11.4 Å². The van der Waals surface area contributed by atoms with Crippen LogP contribution in [0.3, 0.4) is 0 Å². The van der Waals surface area contributed by atoms with Gasteiger partial charge in [-0.25, -0.2) is 0 Å². The Hall–Kier alpha value is -2.16. The molecule has 0 saturated carbocycles. The van der Waals surface area contributed by atoms with Crippen molar-refractivity contribution in [2.75, 3.05) is 17.2 Å². The van der Waals surface area contributed by atoms with Crippen LogP contribution in [0, 0.1) is 6.92 Å². The van der Waals surface area contributed by atoms with Crippen molar-refractivity contribution in [2.24, 2.45) is 0 Å². The molecule has 0 aliphatic carbocycles. The van der Waals surface area contributed by atoms with E-state index in [9.17, 15) is 0 Å². The molecule has 0 radical (unpaired) electrons. The molecule has 110 valence electrons. The third-order valence-electron chi connectivity index (χ3n) is 3.78. The monoisotopic (exact) mass is 282 g/mol. The molecule has 0 aromatic heterocycles. The van der Waals surface area contributed by atoms with Crippen molar-refractivity contribution in [2.45, 2.75) is 32.9 Å². The zero-order valence-electron chi connectivity index (χ0n) is 12.9. The van der Waals surface area contributed by atoms with Gasteiger partial charge in [-0.2, -0.15) is 0 Å². The molecular formula is C18H22N2O. The maximum atomic E-state index is 6.06. The molecule has 0 saturated heterocycles. The number of nitrogens with zero attached hydrogens (tertiary/aromatic N) is 1. The van der Waals surface area contributed by atoms with Gasteiger partial charge in [-0.3, -0.25) is 0 Å². The van der Waals surface area contributed by atoms with E-state index < -0.39 is 0 Å². The SMILES string of the molecule is Cc1ccc(CN2CC(C)(C)Oc3ccc(N)cc32)cc1. The van der Waals surface area contributed by atoms with E-state index in [1.165, 1.54) is 11.1 Å². The number of hydrogen-bond acceptors (Lipinski definition) is 3. The van der Waals surface area contributed by atoms with E-state index in [0.29, 0.717) is 0 Å². The van der Waals surface area contributed by atoms with E-state index in [2.05, 4.69) is 49.9 Å². The Balaban J connectivity index is 1.94. The van der Waals surface area contributed by atoms with Gasteiger partial charge in [0.15, 0.2) is 0 Å². The molecule has 3 nitrogen and oxygen atoms in total. The van der Waals surface area contributed by atoms with Crippen LogP contribution in [0.5, 0.6) is 5.75 Å². The summed E-state index contributed by atoms with van der Waals surface area (Å²) in [4.78, 5) is 2.35. The quantitative estimate of drug-likeness (QED) is 0.852. The fourth-order valence-corrected chi connectivity index (χ4v) is 2.80. The lowest BCUT2D eigenvalue weighted by Gasteiger charge is -2.41. The van der Waals surface area contributed by atoms with Crippen molar-refractivity contribution in [3.63, 3.8) is 0 Å². The van der Waals surface area contributed by atoms with Gasteiger partial charge in [0, 0.05) is 12.2 Å². The molecule has 2 N–H and O–H groups in total. The third kappa shape index (κ3) is 2.97. The maximum absolute atomic E-state index is 6.06. The van der Waals surface area contributed by atoms with Crippen molar-refractivity contribution in [3.8, 4) is 5.75 Å². The number of rotatable bonds is 2. The number of hydrogen-bond donors (Lipinski definition) is 1. The van der Waals surface area contributed by atoms with Crippen LogP contribution in [-0.2, 0) is 6.54 Å². The summed E-state index contributed by atoms with van der Waals surface area (Å²) in [6.45, 7) is 8.06. The Bertz CT molecular complexity index is 647. The fraction of sp³-hybridized carbons (Fsp3) is 0.333. The second-order valence-corrected chi connectivity index (χ2v) is 6.43. The van der Waals surface area contributed by atoms with Crippen molar-refractivity contribution in [1.29, 1.82) is 0 Å². The molecule has 2 aromatic rings. The highest BCUT2D eigenvalue weighted by atomic mass is 16.5. The lowest BCUT2D eigenvalue weighted by molar-refractivity contribution is 0.104. The predicted octanol–water partition coefficient (Wildman–Crippen LogP) is 3.75. The number of nitrogen functional groups attached to an aromatic ring is 1. The molecule has 0 spiro atoms. The first-order chi connectivity index (χ1) is 9.93. The van der Waals surface area contributed by atoms with E-state index in [0.717, 1.165) is 30.2 Å². The highest BCUT2D eigenvalue weighted by Gasteiger charge is 2.31. The van der Waals surface area contributed by atoms with Crippen LogP contribution < -0.4 is 15.4 Å². The van der Waals surface area contributed by atoms with Gasteiger partial charge in [0.1, 0.15) is 11.4 Å². The second-order valence-electron chi connectivity index (χ2n) is 6.43. The Morgan fingerprint density at radius 1 is 1.14 bits per heavy atom. The lowest BCUT2D eigenvalue weighted by Crippen LogP contribution is -2.46. The minimum atomic E-state index is -0.201. The molecule has 1 heterocycles.